The average molecular weight is 392 g/mol. The molecule has 1 saturated heterocycles. The van der Waals surface area contributed by atoms with Crippen molar-refractivity contribution in [2.75, 3.05) is 26.2 Å². The van der Waals surface area contributed by atoms with Crippen molar-refractivity contribution in [2.45, 2.75) is 19.3 Å². The van der Waals surface area contributed by atoms with Gasteiger partial charge in [-0.3, -0.25) is 14.5 Å². The Morgan fingerprint density at radius 3 is 2.59 bits per heavy atom. The second-order valence-corrected chi connectivity index (χ2v) is 7.31. The lowest BCUT2D eigenvalue weighted by molar-refractivity contribution is 0.0991. The number of allylic oxidation sites excluding steroid dienone is 1. The summed E-state index contributed by atoms with van der Waals surface area (Å²) in [4.78, 5) is 26.5. The molecule has 0 bridgehead atoms. The van der Waals surface area contributed by atoms with Gasteiger partial charge >= 0.3 is 0 Å². The minimum atomic E-state index is -0.623. The summed E-state index contributed by atoms with van der Waals surface area (Å²) in [6, 6.07) is 12.3. The molecule has 0 radical (unpaired) electrons. The Morgan fingerprint density at radius 1 is 1.10 bits per heavy atom. The van der Waals surface area contributed by atoms with Crippen molar-refractivity contribution < 1.29 is 19.1 Å². The number of hydrogen-bond donors (Lipinski definition) is 1. The molecule has 2 heterocycles. The molecule has 2 aliphatic heterocycles. The van der Waals surface area contributed by atoms with Gasteiger partial charge in [-0.25, -0.2) is 0 Å². The zero-order valence-electron chi connectivity index (χ0n) is 16.2. The number of ketones is 1. The average Bonchev–Trinajstić information content (AvgIpc) is 3.05. The predicted octanol–water partition coefficient (Wildman–Crippen LogP) is 3.27. The molecule has 0 aromatic heterocycles. The number of carbonyl (C=O) groups is 2. The van der Waals surface area contributed by atoms with Crippen LogP contribution in [0.15, 0.2) is 48.2 Å². The minimum absolute atomic E-state index is 0.174. The first kappa shape index (κ1) is 19.2. The van der Waals surface area contributed by atoms with Gasteiger partial charge in [0, 0.05) is 6.54 Å². The van der Waals surface area contributed by atoms with Gasteiger partial charge in [0.15, 0.2) is 11.5 Å². The molecule has 6 nitrogen and oxygen atoms in total. The van der Waals surface area contributed by atoms with E-state index in [9.17, 15) is 9.59 Å². The Bertz CT molecular complexity index is 944. The number of nitrogens with two attached hydrogens (primary N) is 1. The van der Waals surface area contributed by atoms with Gasteiger partial charge in [0.05, 0.1) is 11.1 Å². The summed E-state index contributed by atoms with van der Waals surface area (Å²) in [5.74, 6) is 0.315. The van der Waals surface area contributed by atoms with Crippen LogP contribution >= 0.6 is 0 Å². The van der Waals surface area contributed by atoms with E-state index in [0.29, 0.717) is 12.2 Å². The normalized spacial score (nSPS) is 17.8. The summed E-state index contributed by atoms with van der Waals surface area (Å²) in [5.41, 5.74) is 6.74. The predicted molar refractivity (Wildman–Crippen MR) is 110 cm³/mol. The number of ether oxygens (including phenoxy) is 2. The van der Waals surface area contributed by atoms with E-state index in [4.69, 9.17) is 15.2 Å². The zero-order valence-corrected chi connectivity index (χ0v) is 16.2. The SMILES string of the molecule is NC(=O)c1cccc2c1O/C(=C\c1ccc(OCCN3CCCCC3)cc1)C2=O. The van der Waals surface area contributed by atoms with Crippen molar-refractivity contribution >= 4 is 17.8 Å². The summed E-state index contributed by atoms with van der Waals surface area (Å²) in [6.07, 6.45) is 5.53. The molecule has 0 atom stereocenters. The van der Waals surface area contributed by atoms with Crippen molar-refractivity contribution in [3.63, 3.8) is 0 Å². The molecule has 0 unspecified atom stereocenters. The first-order valence-corrected chi connectivity index (χ1v) is 9.94. The maximum Gasteiger partial charge on any atom is 0.252 e. The van der Waals surface area contributed by atoms with Crippen LogP contribution in [0.4, 0.5) is 0 Å². The van der Waals surface area contributed by atoms with Crippen LogP contribution in [0.3, 0.4) is 0 Å². The van der Waals surface area contributed by atoms with Crippen LogP contribution in [-0.2, 0) is 0 Å². The van der Waals surface area contributed by atoms with Crippen LogP contribution in [0.25, 0.3) is 6.08 Å². The maximum absolute atomic E-state index is 12.6. The van der Waals surface area contributed by atoms with Crippen LogP contribution in [0, 0.1) is 0 Å². The molecule has 1 amide bonds. The third-order valence-electron chi connectivity index (χ3n) is 5.26. The van der Waals surface area contributed by atoms with Gasteiger partial charge in [-0.2, -0.15) is 0 Å². The summed E-state index contributed by atoms with van der Waals surface area (Å²) >= 11 is 0. The maximum atomic E-state index is 12.6. The minimum Gasteiger partial charge on any atom is -0.492 e. The van der Waals surface area contributed by atoms with Gasteiger partial charge in [0.2, 0.25) is 5.78 Å². The lowest BCUT2D eigenvalue weighted by Gasteiger charge is -2.26. The molecule has 2 aromatic carbocycles. The molecule has 29 heavy (non-hydrogen) atoms. The van der Waals surface area contributed by atoms with Gasteiger partial charge in [0.1, 0.15) is 12.4 Å². The Labute approximate surface area is 169 Å². The van der Waals surface area contributed by atoms with Crippen molar-refractivity contribution in [3.05, 3.63) is 64.9 Å². The van der Waals surface area contributed by atoms with E-state index < -0.39 is 5.91 Å². The largest absolute Gasteiger partial charge is 0.492 e. The zero-order chi connectivity index (χ0) is 20.2. The highest BCUT2D eigenvalue weighted by Gasteiger charge is 2.30. The van der Waals surface area contributed by atoms with Crippen LogP contribution in [0.5, 0.6) is 11.5 Å². The second kappa shape index (κ2) is 8.49. The lowest BCUT2D eigenvalue weighted by Crippen LogP contribution is -2.33. The smallest absolute Gasteiger partial charge is 0.252 e. The number of para-hydroxylation sites is 1. The number of rotatable bonds is 6. The number of likely N-dealkylation sites (tertiary alicyclic amines) is 1. The highest BCUT2D eigenvalue weighted by Crippen LogP contribution is 2.35. The molecular weight excluding hydrogens is 368 g/mol. The molecule has 0 spiro atoms. The van der Waals surface area contributed by atoms with Crippen molar-refractivity contribution in [1.29, 1.82) is 0 Å². The van der Waals surface area contributed by atoms with E-state index in [1.165, 1.54) is 19.3 Å². The number of primary amides is 1. The summed E-state index contributed by atoms with van der Waals surface area (Å²) in [6.45, 7) is 3.91. The second-order valence-electron chi connectivity index (χ2n) is 7.31. The fraction of sp³-hybridized carbons (Fsp3) is 0.304. The van der Waals surface area contributed by atoms with Crippen LogP contribution < -0.4 is 15.2 Å². The molecule has 0 saturated carbocycles. The van der Waals surface area contributed by atoms with E-state index >= 15 is 0 Å². The molecule has 2 aromatic rings. The molecule has 1 fully saturated rings. The Morgan fingerprint density at radius 2 is 1.86 bits per heavy atom. The monoisotopic (exact) mass is 392 g/mol. The van der Waals surface area contributed by atoms with E-state index in [2.05, 4.69) is 4.90 Å². The van der Waals surface area contributed by atoms with Crippen molar-refractivity contribution in [3.8, 4) is 11.5 Å². The van der Waals surface area contributed by atoms with Crippen LogP contribution in [0.1, 0.15) is 45.5 Å². The molecule has 2 aliphatic rings. The molecular formula is C23H24N2O4. The number of piperidine rings is 1. The van der Waals surface area contributed by atoms with Crippen molar-refractivity contribution in [2.24, 2.45) is 5.73 Å². The lowest BCUT2D eigenvalue weighted by atomic mass is 10.1. The van der Waals surface area contributed by atoms with Crippen LogP contribution in [0.2, 0.25) is 0 Å². The van der Waals surface area contributed by atoms with Crippen LogP contribution in [-0.4, -0.2) is 42.8 Å². The Hall–Kier alpha value is -3.12. The Balaban J connectivity index is 1.39. The van der Waals surface area contributed by atoms with Crippen molar-refractivity contribution in [1.82, 2.24) is 4.90 Å². The topological polar surface area (TPSA) is 81.9 Å². The van der Waals surface area contributed by atoms with Gasteiger partial charge < -0.3 is 15.2 Å². The van der Waals surface area contributed by atoms with E-state index in [1.807, 2.05) is 24.3 Å². The fourth-order valence-corrected chi connectivity index (χ4v) is 3.69. The number of benzene rings is 2. The number of fused-ring (bicyclic) bond motifs is 1. The summed E-state index contributed by atoms with van der Waals surface area (Å²) < 4.78 is 11.5. The number of nitrogens with zero attached hydrogens (tertiary/aromatic N) is 1. The quantitative estimate of drug-likeness (QED) is 0.763. The van der Waals surface area contributed by atoms with Gasteiger partial charge in [0.25, 0.3) is 5.91 Å². The number of hydrogen-bond acceptors (Lipinski definition) is 5. The number of carbonyl (C=O) groups excluding carboxylic acids is 2. The van der Waals surface area contributed by atoms with Gasteiger partial charge in [-0.05, 0) is 61.8 Å². The van der Waals surface area contributed by atoms with E-state index in [1.54, 1.807) is 24.3 Å². The highest BCUT2D eigenvalue weighted by atomic mass is 16.5. The number of amides is 1. The first-order chi connectivity index (χ1) is 14.1. The third kappa shape index (κ3) is 4.32. The Kier molecular flexibility index (Phi) is 5.62. The molecule has 4 rings (SSSR count). The highest BCUT2D eigenvalue weighted by molar-refractivity contribution is 6.16. The van der Waals surface area contributed by atoms with E-state index in [0.717, 1.165) is 30.9 Å². The summed E-state index contributed by atoms with van der Waals surface area (Å²) in [7, 11) is 0. The molecule has 150 valence electrons. The molecule has 2 N–H and O–H groups in total. The van der Waals surface area contributed by atoms with Gasteiger partial charge in [-0.15, -0.1) is 0 Å². The summed E-state index contributed by atoms with van der Waals surface area (Å²) in [5, 5.41) is 0. The number of Topliss-reactive ketones (excluding diaryl/α,β-unsaturated/α-hetero) is 1. The molecule has 6 heteroatoms. The van der Waals surface area contributed by atoms with Gasteiger partial charge in [-0.1, -0.05) is 24.6 Å². The fourth-order valence-electron chi connectivity index (χ4n) is 3.69. The molecule has 0 aliphatic carbocycles. The standard InChI is InChI=1S/C23H24N2O4/c24-23(27)19-6-4-5-18-21(26)20(29-22(18)19)15-16-7-9-17(10-8-16)28-14-13-25-11-2-1-3-12-25/h4-10,15H,1-3,11-14H2,(H2,24,27)/b20-15-. The third-order valence-corrected chi connectivity index (χ3v) is 5.26. The van der Waals surface area contributed by atoms with E-state index in [-0.39, 0.29) is 22.9 Å². The first-order valence-electron chi connectivity index (χ1n) is 9.94.